The van der Waals surface area contributed by atoms with Crippen LogP contribution in [0.15, 0.2) is 47.4 Å². The molecule has 2 aromatic rings. The number of nitrogens with zero attached hydrogens (tertiary/aromatic N) is 1. The Hall–Kier alpha value is -2.21. The predicted molar refractivity (Wildman–Crippen MR) is 80.1 cm³/mol. The third kappa shape index (κ3) is 3.42. The van der Waals surface area contributed by atoms with Gasteiger partial charge in [0, 0.05) is 22.4 Å². The van der Waals surface area contributed by atoms with Gasteiger partial charge in [0.25, 0.3) is 0 Å². The molecule has 104 valence electrons. The molecule has 0 saturated carbocycles. The first kappa shape index (κ1) is 14.2. The highest BCUT2D eigenvalue weighted by atomic mass is 32.2. The molecule has 6 heteroatoms. The van der Waals surface area contributed by atoms with Crippen LogP contribution in [0.5, 0.6) is 5.75 Å². The molecule has 0 unspecified atom stereocenters. The lowest BCUT2D eigenvalue weighted by Gasteiger charge is -2.05. The number of nitro groups is 1. The quantitative estimate of drug-likeness (QED) is 0.395. The second kappa shape index (κ2) is 6.29. The van der Waals surface area contributed by atoms with E-state index in [1.165, 1.54) is 13.2 Å². The van der Waals surface area contributed by atoms with E-state index in [1.54, 1.807) is 17.8 Å². The van der Waals surface area contributed by atoms with E-state index in [1.807, 2.05) is 30.3 Å². The van der Waals surface area contributed by atoms with Gasteiger partial charge in [-0.1, -0.05) is 12.1 Å². The zero-order chi connectivity index (χ0) is 14.5. The van der Waals surface area contributed by atoms with Crippen molar-refractivity contribution in [2.75, 3.05) is 12.8 Å². The highest BCUT2D eigenvalue weighted by Crippen LogP contribution is 2.31. The summed E-state index contributed by atoms with van der Waals surface area (Å²) in [5.41, 5.74) is 7.26. The fraction of sp³-hybridized carbons (Fsp3) is 0.143. The van der Waals surface area contributed by atoms with Crippen LogP contribution >= 0.6 is 11.8 Å². The van der Waals surface area contributed by atoms with E-state index in [-0.39, 0.29) is 11.4 Å². The average molecular weight is 290 g/mol. The first-order valence-electron chi connectivity index (χ1n) is 5.90. The number of nitrogens with two attached hydrogens (primary N) is 1. The number of benzene rings is 2. The average Bonchev–Trinajstić information content (AvgIpc) is 2.45. The van der Waals surface area contributed by atoms with Crippen LogP contribution in [0, 0.1) is 10.1 Å². The zero-order valence-corrected chi connectivity index (χ0v) is 11.7. The fourth-order valence-electron chi connectivity index (χ4n) is 1.74. The number of hydrogen-bond acceptors (Lipinski definition) is 5. The molecule has 2 rings (SSSR count). The minimum Gasteiger partial charge on any atom is -0.490 e. The van der Waals surface area contributed by atoms with Crippen molar-refractivity contribution in [1.29, 1.82) is 0 Å². The van der Waals surface area contributed by atoms with Crippen LogP contribution in [0.3, 0.4) is 0 Å². The maximum Gasteiger partial charge on any atom is 0.311 e. The van der Waals surface area contributed by atoms with Gasteiger partial charge in [-0.2, -0.15) is 0 Å². The molecular weight excluding hydrogens is 276 g/mol. The van der Waals surface area contributed by atoms with Crippen molar-refractivity contribution in [2.45, 2.75) is 10.6 Å². The van der Waals surface area contributed by atoms with Crippen molar-refractivity contribution >= 4 is 23.1 Å². The van der Waals surface area contributed by atoms with E-state index in [0.29, 0.717) is 11.4 Å². The molecule has 0 amide bonds. The SMILES string of the molecule is COc1ccc(CSc2cccc(N)c2)cc1[N+](=O)[O-]. The summed E-state index contributed by atoms with van der Waals surface area (Å²) in [5, 5.41) is 11.0. The van der Waals surface area contributed by atoms with E-state index < -0.39 is 4.92 Å². The molecule has 20 heavy (non-hydrogen) atoms. The minimum absolute atomic E-state index is 0.0156. The van der Waals surface area contributed by atoms with E-state index in [4.69, 9.17) is 10.5 Å². The van der Waals surface area contributed by atoms with Gasteiger partial charge in [0.1, 0.15) is 0 Å². The van der Waals surface area contributed by atoms with Gasteiger partial charge in [-0.3, -0.25) is 10.1 Å². The summed E-state index contributed by atoms with van der Waals surface area (Å²) in [4.78, 5) is 11.5. The highest BCUT2D eigenvalue weighted by Gasteiger charge is 2.15. The standard InChI is InChI=1S/C14H14N2O3S/c1-19-14-6-5-10(7-13(14)16(17)18)9-20-12-4-2-3-11(15)8-12/h2-8H,9,15H2,1H3. The van der Waals surface area contributed by atoms with Gasteiger partial charge in [-0.15, -0.1) is 11.8 Å². The monoisotopic (exact) mass is 290 g/mol. The number of nitro benzene ring substituents is 1. The third-order valence-corrected chi connectivity index (χ3v) is 3.77. The molecule has 0 fully saturated rings. The van der Waals surface area contributed by atoms with E-state index in [9.17, 15) is 10.1 Å². The van der Waals surface area contributed by atoms with Crippen LogP contribution in [0.2, 0.25) is 0 Å². The van der Waals surface area contributed by atoms with Crippen LogP contribution < -0.4 is 10.5 Å². The molecule has 2 N–H and O–H groups in total. The summed E-state index contributed by atoms with van der Waals surface area (Å²) in [6.07, 6.45) is 0. The number of rotatable bonds is 5. The van der Waals surface area contributed by atoms with Gasteiger partial charge in [-0.25, -0.2) is 0 Å². The number of thioether (sulfide) groups is 1. The van der Waals surface area contributed by atoms with Crippen molar-refractivity contribution in [2.24, 2.45) is 0 Å². The minimum atomic E-state index is -0.437. The third-order valence-electron chi connectivity index (χ3n) is 2.70. The van der Waals surface area contributed by atoms with Gasteiger partial charge in [-0.05, 0) is 29.8 Å². The lowest BCUT2D eigenvalue weighted by molar-refractivity contribution is -0.385. The first-order valence-corrected chi connectivity index (χ1v) is 6.88. The summed E-state index contributed by atoms with van der Waals surface area (Å²) in [7, 11) is 1.42. The summed E-state index contributed by atoms with van der Waals surface area (Å²) in [6, 6.07) is 12.5. The van der Waals surface area contributed by atoms with Crippen LogP contribution in [-0.2, 0) is 5.75 Å². The summed E-state index contributed by atoms with van der Waals surface area (Å²) >= 11 is 1.58. The Bertz CT molecular complexity index is 632. The molecule has 2 aromatic carbocycles. The maximum atomic E-state index is 11.0. The lowest BCUT2D eigenvalue weighted by atomic mass is 10.2. The summed E-state index contributed by atoms with van der Waals surface area (Å²) in [6.45, 7) is 0. The number of nitrogen functional groups attached to an aromatic ring is 1. The smallest absolute Gasteiger partial charge is 0.311 e. The molecule has 0 radical (unpaired) electrons. The number of methoxy groups -OCH3 is 1. The highest BCUT2D eigenvalue weighted by molar-refractivity contribution is 7.98. The van der Waals surface area contributed by atoms with Gasteiger partial charge in [0.2, 0.25) is 0 Å². The molecule has 0 spiro atoms. The van der Waals surface area contributed by atoms with Gasteiger partial charge in [0.15, 0.2) is 5.75 Å². The van der Waals surface area contributed by atoms with Crippen LogP contribution in [-0.4, -0.2) is 12.0 Å². The molecule has 0 saturated heterocycles. The molecule has 0 heterocycles. The van der Waals surface area contributed by atoms with Gasteiger partial charge in [0.05, 0.1) is 12.0 Å². The summed E-state index contributed by atoms with van der Waals surface area (Å²) in [5.74, 6) is 0.904. The number of anilines is 1. The topological polar surface area (TPSA) is 78.4 Å². The molecular formula is C14H14N2O3S. The fourth-order valence-corrected chi connectivity index (χ4v) is 2.65. The Morgan fingerprint density at radius 2 is 2.10 bits per heavy atom. The first-order chi connectivity index (χ1) is 9.60. The maximum absolute atomic E-state index is 11.0. The Kier molecular flexibility index (Phi) is 4.47. The van der Waals surface area contributed by atoms with Crippen molar-refractivity contribution in [1.82, 2.24) is 0 Å². The van der Waals surface area contributed by atoms with Crippen LogP contribution in [0.1, 0.15) is 5.56 Å². The molecule has 0 aromatic heterocycles. The Morgan fingerprint density at radius 1 is 1.30 bits per heavy atom. The largest absolute Gasteiger partial charge is 0.490 e. The Morgan fingerprint density at radius 3 is 2.75 bits per heavy atom. The number of ether oxygens (including phenoxy) is 1. The normalized spacial score (nSPS) is 10.2. The van der Waals surface area contributed by atoms with Gasteiger partial charge < -0.3 is 10.5 Å². The summed E-state index contributed by atoms with van der Waals surface area (Å²) < 4.78 is 4.98. The van der Waals surface area contributed by atoms with Crippen molar-refractivity contribution in [3.05, 3.63) is 58.1 Å². The Labute approximate surface area is 120 Å². The van der Waals surface area contributed by atoms with Crippen molar-refractivity contribution < 1.29 is 9.66 Å². The van der Waals surface area contributed by atoms with E-state index >= 15 is 0 Å². The van der Waals surface area contributed by atoms with Crippen molar-refractivity contribution in [3.8, 4) is 5.75 Å². The molecule has 5 nitrogen and oxygen atoms in total. The van der Waals surface area contributed by atoms with Crippen molar-refractivity contribution in [3.63, 3.8) is 0 Å². The molecule has 0 aliphatic carbocycles. The Balaban J connectivity index is 2.14. The van der Waals surface area contributed by atoms with E-state index in [0.717, 1.165) is 10.5 Å². The molecule has 0 bridgehead atoms. The van der Waals surface area contributed by atoms with Crippen LogP contribution in [0.4, 0.5) is 11.4 Å². The van der Waals surface area contributed by atoms with Crippen LogP contribution in [0.25, 0.3) is 0 Å². The van der Waals surface area contributed by atoms with E-state index in [2.05, 4.69) is 0 Å². The second-order valence-electron chi connectivity index (χ2n) is 4.12. The lowest BCUT2D eigenvalue weighted by Crippen LogP contribution is -1.95. The molecule has 0 aliphatic heterocycles. The molecule has 0 aliphatic rings. The van der Waals surface area contributed by atoms with Gasteiger partial charge >= 0.3 is 5.69 Å². The molecule has 0 atom stereocenters. The predicted octanol–water partition coefficient (Wildman–Crippen LogP) is 3.48. The number of hydrogen-bond donors (Lipinski definition) is 1. The second-order valence-corrected chi connectivity index (χ2v) is 5.17. The zero-order valence-electron chi connectivity index (χ0n) is 10.9.